The van der Waals surface area contributed by atoms with E-state index in [0.717, 1.165) is 12.8 Å². The third-order valence-electron chi connectivity index (χ3n) is 3.29. The highest BCUT2D eigenvalue weighted by Gasteiger charge is 2.45. The van der Waals surface area contributed by atoms with Gasteiger partial charge in [0, 0.05) is 0 Å². The Kier molecular flexibility index (Phi) is 3.40. The lowest BCUT2D eigenvalue weighted by Gasteiger charge is -2.25. The number of hydrogen-bond donors (Lipinski definition) is 4. The van der Waals surface area contributed by atoms with E-state index in [1.165, 1.54) is 0 Å². The van der Waals surface area contributed by atoms with Crippen molar-refractivity contribution in [3.63, 3.8) is 0 Å². The van der Waals surface area contributed by atoms with Gasteiger partial charge in [0.15, 0.2) is 11.7 Å². The molecule has 5 N–H and O–H groups in total. The summed E-state index contributed by atoms with van der Waals surface area (Å²) in [5.41, 5.74) is 4.75. The van der Waals surface area contributed by atoms with E-state index in [2.05, 4.69) is 31.1 Å². The minimum Gasteiger partial charge on any atom is -0.409 e. The van der Waals surface area contributed by atoms with Gasteiger partial charge in [0.05, 0.1) is 6.54 Å². The molecule has 2 rings (SSSR count). The summed E-state index contributed by atoms with van der Waals surface area (Å²) in [6, 6.07) is 0. The largest absolute Gasteiger partial charge is 0.409 e. The Hall–Kier alpha value is -2.19. The van der Waals surface area contributed by atoms with Crippen LogP contribution in [0, 0.1) is 5.41 Å². The van der Waals surface area contributed by atoms with E-state index >= 15 is 0 Å². The highest BCUT2D eigenvalue weighted by atomic mass is 16.4. The minimum absolute atomic E-state index is 0.0365. The van der Waals surface area contributed by atoms with Crippen molar-refractivity contribution in [2.45, 2.75) is 32.2 Å². The summed E-state index contributed by atoms with van der Waals surface area (Å²) in [4.78, 5) is 12.2. The van der Waals surface area contributed by atoms with Crippen LogP contribution in [0.25, 0.3) is 0 Å². The summed E-state index contributed by atoms with van der Waals surface area (Å²) in [6.07, 6.45) is 2.93. The molecule has 0 unspecified atom stereocenters. The number of nitrogens with one attached hydrogen (secondary N) is 2. The lowest BCUT2D eigenvalue weighted by atomic mass is 9.84. The molecule has 0 saturated heterocycles. The van der Waals surface area contributed by atoms with Crippen LogP contribution in [0.1, 0.15) is 31.5 Å². The number of aromatic nitrogens is 4. The summed E-state index contributed by atoms with van der Waals surface area (Å²) >= 11 is 0. The van der Waals surface area contributed by atoms with Gasteiger partial charge in [-0.3, -0.25) is 4.79 Å². The fraction of sp³-hybridized carbons (Fsp3) is 0.667. The number of oxime groups is 1. The number of H-pyrrole nitrogens is 1. The number of aromatic amines is 1. The molecular weight excluding hydrogens is 238 g/mol. The molecule has 1 aromatic rings. The van der Waals surface area contributed by atoms with Gasteiger partial charge in [-0.1, -0.05) is 23.2 Å². The summed E-state index contributed by atoms with van der Waals surface area (Å²) in [5, 5.41) is 27.6. The van der Waals surface area contributed by atoms with Crippen molar-refractivity contribution >= 4 is 11.7 Å². The fourth-order valence-corrected chi connectivity index (χ4v) is 2.26. The fourth-order valence-electron chi connectivity index (χ4n) is 2.26. The first-order valence-corrected chi connectivity index (χ1v) is 5.68. The lowest BCUT2D eigenvalue weighted by Crippen LogP contribution is -2.48. The van der Waals surface area contributed by atoms with Crippen molar-refractivity contribution in [1.82, 2.24) is 25.9 Å². The van der Waals surface area contributed by atoms with E-state index < -0.39 is 5.41 Å². The van der Waals surface area contributed by atoms with Crippen LogP contribution < -0.4 is 11.1 Å². The zero-order valence-electron chi connectivity index (χ0n) is 9.76. The smallest absolute Gasteiger partial charge is 0.234 e. The Labute approximate surface area is 103 Å². The molecule has 0 aromatic carbocycles. The van der Waals surface area contributed by atoms with Crippen LogP contribution in [-0.2, 0) is 11.3 Å². The zero-order chi connectivity index (χ0) is 13.0. The molecule has 1 aliphatic carbocycles. The van der Waals surface area contributed by atoms with Crippen molar-refractivity contribution < 1.29 is 10.0 Å². The van der Waals surface area contributed by atoms with Crippen LogP contribution in [-0.4, -0.2) is 37.6 Å². The topological polar surface area (TPSA) is 142 Å². The van der Waals surface area contributed by atoms with Gasteiger partial charge in [-0.2, -0.15) is 5.21 Å². The molecule has 98 valence electrons. The molecular formula is C9H15N7O2. The second-order valence-electron chi connectivity index (χ2n) is 4.29. The number of carbonyl (C=O) groups excluding carboxylic acids is 1. The normalized spacial score (nSPS) is 18.8. The van der Waals surface area contributed by atoms with Gasteiger partial charge in [0.1, 0.15) is 5.41 Å². The standard InChI is InChI=1S/C9H15N7O2/c10-7(14-18)9(3-1-2-4-9)8(17)11-5-6-12-15-16-13-6/h18H,1-5H2,(H2,10,14)(H,11,17)(H,12,13,15,16). The number of rotatable bonds is 4. The molecule has 1 amide bonds. The number of carbonyl (C=O) groups is 1. The number of amides is 1. The number of amidine groups is 1. The maximum atomic E-state index is 12.2. The summed E-state index contributed by atoms with van der Waals surface area (Å²) in [7, 11) is 0. The average Bonchev–Trinajstić information content (AvgIpc) is 3.06. The molecule has 1 aromatic heterocycles. The van der Waals surface area contributed by atoms with Gasteiger partial charge in [0.2, 0.25) is 5.91 Å². The predicted octanol–water partition coefficient (Wildman–Crippen LogP) is -0.877. The molecule has 9 heteroatoms. The van der Waals surface area contributed by atoms with Gasteiger partial charge in [-0.05, 0) is 12.8 Å². The molecule has 0 spiro atoms. The first kappa shape index (κ1) is 12.3. The highest BCUT2D eigenvalue weighted by Crippen LogP contribution is 2.38. The van der Waals surface area contributed by atoms with Gasteiger partial charge in [-0.15, -0.1) is 10.2 Å². The monoisotopic (exact) mass is 253 g/mol. The molecule has 1 aliphatic rings. The van der Waals surface area contributed by atoms with Gasteiger partial charge >= 0.3 is 0 Å². The molecule has 9 nitrogen and oxygen atoms in total. The second-order valence-corrected chi connectivity index (χ2v) is 4.29. The molecule has 0 atom stereocenters. The lowest BCUT2D eigenvalue weighted by molar-refractivity contribution is -0.127. The van der Waals surface area contributed by atoms with Crippen LogP contribution >= 0.6 is 0 Å². The van der Waals surface area contributed by atoms with Crippen LogP contribution in [0.15, 0.2) is 5.16 Å². The van der Waals surface area contributed by atoms with Crippen molar-refractivity contribution in [3.8, 4) is 0 Å². The van der Waals surface area contributed by atoms with Crippen molar-refractivity contribution in [3.05, 3.63) is 5.82 Å². The maximum Gasteiger partial charge on any atom is 0.234 e. The molecule has 1 fully saturated rings. The van der Waals surface area contributed by atoms with Crippen LogP contribution in [0.2, 0.25) is 0 Å². The van der Waals surface area contributed by atoms with Crippen LogP contribution in [0.3, 0.4) is 0 Å². The number of nitrogens with zero attached hydrogens (tertiary/aromatic N) is 4. The Morgan fingerprint density at radius 2 is 2.28 bits per heavy atom. The van der Waals surface area contributed by atoms with E-state index in [9.17, 15) is 4.79 Å². The second kappa shape index (κ2) is 4.98. The zero-order valence-corrected chi connectivity index (χ0v) is 9.76. The Balaban J connectivity index is 2.05. The van der Waals surface area contributed by atoms with Gasteiger partial charge in [0.25, 0.3) is 0 Å². The Morgan fingerprint density at radius 3 is 2.83 bits per heavy atom. The summed E-state index contributed by atoms with van der Waals surface area (Å²) in [5.74, 6) is 0.0849. The predicted molar refractivity (Wildman–Crippen MR) is 60.3 cm³/mol. The Bertz CT molecular complexity index is 436. The van der Waals surface area contributed by atoms with Gasteiger partial charge in [-0.25, -0.2) is 0 Å². The van der Waals surface area contributed by atoms with E-state index in [1.807, 2.05) is 0 Å². The third-order valence-corrected chi connectivity index (χ3v) is 3.29. The Morgan fingerprint density at radius 1 is 1.56 bits per heavy atom. The highest BCUT2D eigenvalue weighted by molar-refractivity contribution is 6.06. The molecule has 0 aliphatic heterocycles. The van der Waals surface area contributed by atoms with Crippen molar-refractivity contribution in [2.24, 2.45) is 16.3 Å². The third kappa shape index (κ3) is 2.11. The summed E-state index contributed by atoms with van der Waals surface area (Å²) in [6.45, 7) is 0.162. The van der Waals surface area contributed by atoms with Crippen LogP contribution in [0.4, 0.5) is 0 Å². The van der Waals surface area contributed by atoms with Crippen molar-refractivity contribution in [2.75, 3.05) is 0 Å². The number of hydrogen-bond acceptors (Lipinski definition) is 6. The quantitative estimate of drug-likeness (QED) is 0.237. The van der Waals surface area contributed by atoms with Gasteiger partial charge < -0.3 is 16.3 Å². The minimum atomic E-state index is -0.904. The molecule has 0 bridgehead atoms. The number of nitrogens with two attached hydrogens (primary N) is 1. The van der Waals surface area contributed by atoms with Crippen molar-refractivity contribution in [1.29, 1.82) is 0 Å². The van der Waals surface area contributed by atoms with E-state index in [-0.39, 0.29) is 18.3 Å². The first-order chi connectivity index (χ1) is 8.69. The average molecular weight is 253 g/mol. The van der Waals surface area contributed by atoms with E-state index in [0.29, 0.717) is 18.7 Å². The first-order valence-electron chi connectivity index (χ1n) is 5.68. The molecule has 18 heavy (non-hydrogen) atoms. The van der Waals surface area contributed by atoms with E-state index in [4.69, 9.17) is 10.9 Å². The molecule has 1 saturated carbocycles. The SMILES string of the molecule is NC(=NO)C1(C(=O)NCc2nn[nH]n2)CCCC1. The molecule has 0 radical (unpaired) electrons. The number of tetrazole rings is 1. The van der Waals surface area contributed by atoms with E-state index in [1.54, 1.807) is 0 Å². The van der Waals surface area contributed by atoms with Crippen LogP contribution in [0.5, 0.6) is 0 Å². The summed E-state index contributed by atoms with van der Waals surface area (Å²) < 4.78 is 0. The maximum absolute atomic E-state index is 12.2. The molecule has 1 heterocycles.